The van der Waals surface area contributed by atoms with Gasteiger partial charge in [0.2, 0.25) is 11.8 Å². The van der Waals surface area contributed by atoms with E-state index in [4.69, 9.17) is 4.74 Å². The SMILES string of the molecule is O=C(CNC(=O)CC12CC3CC(CC(C3)C1)C2)NCCCN1CCOCC1. The number of amides is 2. The highest BCUT2D eigenvalue weighted by Crippen LogP contribution is 2.61. The van der Waals surface area contributed by atoms with Crippen LogP contribution in [-0.4, -0.2) is 62.7 Å². The minimum Gasteiger partial charge on any atom is -0.379 e. The van der Waals surface area contributed by atoms with Crippen LogP contribution in [0, 0.1) is 23.2 Å². The zero-order chi connectivity index (χ0) is 18.7. The third kappa shape index (κ3) is 5.02. The maximum absolute atomic E-state index is 12.5. The molecule has 5 aliphatic rings. The molecule has 152 valence electrons. The lowest BCUT2D eigenvalue weighted by Gasteiger charge is -2.56. The zero-order valence-corrected chi connectivity index (χ0v) is 16.5. The molecule has 0 radical (unpaired) electrons. The van der Waals surface area contributed by atoms with Gasteiger partial charge >= 0.3 is 0 Å². The molecule has 0 spiro atoms. The Morgan fingerprint density at radius 2 is 1.56 bits per heavy atom. The van der Waals surface area contributed by atoms with Crippen LogP contribution in [-0.2, 0) is 14.3 Å². The fourth-order valence-electron chi connectivity index (χ4n) is 6.51. The second-order valence-electron chi connectivity index (χ2n) is 9.53. The standard InChI is InChI=1S/C21H35N3O3/c25-19(14-21-11-16-8-17(12-21)10-18(9-16)13-21)23-15-20(26)22-2-1-3-24-4-6-27-7-5-24/h16-18H,1-15H2,(H,22,26)(H,23,25). The summed E-state index contributed by atoms with van der Waals surface area (Å²) in [6, 6.07) is 0. The van der Waals surface area contributed by atoms with Crippen LogP contribution in [0.25, 0.3) is 0 Å². The predicted molar refractivity (Wildman–Crippen MR) is 103 cm³/mol. The quantitative estimate of drug-likeness (QED) is 0.630. The van der Waals surface area contributed by atoms with Crippen LogP contribution in [0.3, 0.4) is 0 Å². The normalized spacial score (nSPS) is 35.2. The van der Waals surface area contributed by atoms with Gasteiger partial charge in [0.05, 0.1) is 19.8 Å². The Labute approximate surface area is 162 Å². The molecule has 4 saturated carbocycles. The molecule has 0 aromatic heterocycles. The molecule has 4 bridgehead atoms. The Kier molecular flexibility index (Phi) is 6.02. The first-order chi connectivity index (χ1) is 13.1. The summed E-state index contributed by atoms with van der Waals surface area (Å²) in [5, 5.41) is 5.80. The molecule has 1 saturated heterocycles. The molecule has 27 heavy (non-hydrogen) atoms. The van der Waals surface area contributed by atoms with Gasteiger partial charge in [-0.2, -0.15) is 0 Å². The first-order valence-corrected chi connectivity index (χ1v) is 10.9. The highest BCUT2D eigenvalue weighted by Gasteiger charge is 2.51. The fraction of sp³-hybridized carbons (Fsp3) is 0.905. The summed E-state index contributed by atoms with van der Waals surface area (Å²) in [5.41, 5.74) is 0.244. The Balaban J connectivity index is 1.11. The summed E-state index contributed by atoms with van der Waals surface area (Å²) >= 11 is 0. The van der Waals surface area contributed by atoms with Gasteiger partial charge in [0.25, 0.3) is 0 Å². The third-order valence-electron chi connectivity index (χ3n) is 7.22. The maximum Gasteiger partial charge on any atom is 0.239 e. The number of ether oxygens (including phenoxy) is 1. The number of carbonyl (C=O) groups excluding carboxylic acids is 2. The van der Waals surface area contributed by atoms with Gasteiger partial charge in [0.15, 0.2) is 0 Å². The summed E-state index contributed by atoms with van der Waals surface area (Å²) in [4.78, 5) is 26.8. The zero-order valence-electron chi connectivity index (χ0n) is 16.5. The van der Waals surface area contributed by atoms with Crippen LogP contribution in [0.1, 0.15) is 51.4 Å². The van der Waals surface area contributed by atoms with Gasteiger partial charge in [-0.25, -0.2) is 0 Å². The number of hydrogen-bond acceptors (Lipinski definition) is 4. The van der Waals surface area contributed by atoms with Crippen molar-refractivity contribution in [3.05, 3.63) is 0 Å². The number of hydrogen-bond donors (Lipinski definition) is 2. The summed E-state index contributed by atoms with van der Waals surface area (Å²) in [6.45, 7) is 5.35. The van der Waals surface area contributed by atoms with Gasteiger partial charge in [-0.15, -0.1) is 0 Å². The molecular formula is C21H35N3O3. The van der Waals surface area contributed by atoms with Crippen LogP contribution in [0.15, 0.2) is 0 Å². The Morgan fingerprint density at radius 1 is 0.926 bits per heavy atom. The molecule has 5 fully saturated rings. The lowest BCUT2D eigenvalue weighted by atomic mass is 9.49. The minimum atomic E-state index is -0.0733. The molecule has 0 unspecified atom stereocenters. The van der Waals surface area contributed by atoms with Crippen molar-refractivity contribution in [2.75, 3.05) is 45.9 Å². The summed E-state index contributed by atoms with van der Waals surface area (Å²) < 4.78 is 5.33. The number of nitrogens with zero attached hydrogens (tertiary/aromatic N) is 1. The molecule has 2 N–H and O–H groups in total. The molecule has 2 amide bonds. The van der Waals surface area contributed by atoms with E-state index in [1.54, 1.807) is 0 Å². The van der Waals surface area contributed by atoms with Gasteiger partial charge in [0, 0.05) is 26.1 Å². The lowest BCUT2D eigenvalue weighted by molar-refractivity contribution is -0.131. The summed E-state index contributed by atoms with van der Waals surface area (Å²) in [5.74, 6) is 2.58. The fourth-order valence-corrected chi connectivity index (χ4v) is 6.51. The number of nitrogens with one attached hydrogen (secondary N) is 2. The van der Waals surface area contributed by atoms with Crippen molar-refractivity contribution < 1.29 is 14.3 Å². The van der Waals surface area contributed by atoms with E-state index in [2.05, 4.69) is 15.5 Å². The van der Waals surface area contributed by atoms with Crippen molar-refractivity contribution in [1.82, 2.24) is 15.5 Å². The van der Waals surface area contributed by atoms with E-state index in [-0.39, 0.29) is 23.8 Å². The highest BCUT2D eigenvalue weighted by molar-refractivity contribution is 5.84. The molecule has 0 atom stereocenters. The van der Waals surface area contributed by atoms with E-state index < -0.39 is 0 Å². The molecule has 0 aromatic rings. The van der Waals surface area contributed by atoms with Gasteiger partial charge in [-0.05, 0) is 74.7 Å². The van der Waals surface area contributed by atoms with E-state index in [0.717, 1.165) is 57.0 Å². The second kappa shape index (κ2) is 8.48. The van der Waals surface area contributed by atoms with Crippen molar-refractivity contribution in [2.45, 2.75) is 51.4 Å². The van der Waals surface area contributed by atoms with Crippen molar-refractivity contribution in [3.63, 3.8) is 0 Å². The predicted octanol–water partition coefficient (Wildman–Crippen LogP) is 1.55. The van der Waals surface area contributed by atoms with Crippen molar-refractivity contribution in [3.8, 4) is 0 Å². The van der Waals surface area contributed by atoms with Gasteiger partial charge < -0.3 is 15.4 Å². The van der Waals surface area contributed by atoms with Crippen molar-refractivity contribution >= 4 is 11.8 Å². The molecule has 1 aliphatic heterocycles. The minimum absolute atomic E-state index is 0.0698. The van der Waals surface area contributed by atoms with Crippen LogP contribution < -0.4 is 10.6 Å². The average molecular weight is 378 g/mol. The maximum atomic E-state index is 12.5. The number of morpholine rings is 1. The molecule has 4 aliphatic carbocycles. The first kappa shape index (κ1) is 19.2. The molecule has 0 aromatic carbocycles. The van der Waals surface area contributed by atoms with Gasteiger partial charge in [0.1, 0.15) is 0 Å². The Bertz CT molecular complexity index is 510. The number of carbonyl (C=O) groups is 2. The van der Waals surface area contributed by atoms with E-state index in [9.17, 15) is 9.59 Å². The van der Waals surface area contributed by atoms with E-state index in [1.807, 2.05) is 0 Å². The summed E-state index contributed by atoms with van der Waals surface area (Å²) in [6.07, 6.45) is 9.46. The average Bonchev–Trinajstić information content (AvgIpc) is 2.63. The molecule has 6 nitrogen and oxygen atoms in total. The topological polar surface area (TPSA) is 70.7 Å². The highest BCUT2D eigenvalue weighted by atomic mass is 16.5. The molecular weight excluding hydrogens is 342 g/mol. The number of rotatable bonds is 8. The monoisotopic (exact) mass is 377 g/mol. The lowest BCUT2D eigenvalue weighted by Crippen LogP contribution is -2.48. The third-order valence-corrected chi connectivity index (χ3v) is 7.22. The summed E-state index contributed by atoms with van der Waals surface area (Å²) in [7, 11) is 0. The first-order valence-electron chi connectivity index (χ1n) is 10.9. The van der Waals surface area contributed by atoms with Crippen molar-refractivity contribution in [1.29, 1.82) is 0 Å². The smallest absolute Gasteiger partial charge is 0.239 e. The van der Waals surface area contributed by atoms with Gasteiger partial charge in [-0.3, -0.25) is 14.5 Å². The van der Waals surface area contributed by atoms with Crippen LogP contribution in [0.5, 0.6) is 0 Å². The van der Waals surface area contributed by atoms with E-state index in [1.165, 1.54) is 38.5 Å². The molecule has 5 rings (SSSR count). The Hall–Kier alpha value is -1.14. The van der Waals surface area contributed by atoms with Gasteiger partial charge in [-0.1, -0.05) is 0 Å². The second-order valence-corrected chi connectivity index (χ2v) is 9.53. The van der Waals surface area contributed by atoms with Crippen LogP contribution >= 0.6 is 0 Å². The van der Waals surface area contributed by atoms with E-state index >= 15 is 0 Å². The van der Waals surface area contributed by atoms with E-state index in [0.29, 0.717) is 13.0 Å². The Morgan fingerprint density at radius 3 is 2.19 bits per heavy atom. The molecule has 6 heteroatoms. The largest absolute Gasteiger partial charge is 0.379 e. The van der Waals surface area contributed by atoms with Crippen LogP contribution in [0.2, 0.25) is 0 Å². The van der Waals surface area contributed by atoms with Crippen LogP contribution in [0.4, 0.5) is 0 Å². The molecule has 1 heterocycles. The van der Waals surface area contributed by atoms with Crippen molar-refractivity contribution in [2.24, 2.45) is 23.2 Å².